The second-order valence-electron chi connectivity index (χ2n) is 8.11. The molecule has 2 atom stereocenters. The number of benzene rings is 1. The highest BCUT2D eigenvalue weighted by atomic mass is 35.5. The minimum atomic E-state index is -0.657. The Labute approximate surface area is 201 Å². The molecule has 4 rings (SSSR count). The Balaban J connectivity index is 0.00000181. The number of rotatable bonds is 7. The van der Waals surface area contributed by atoms with Crippen molar-refractivity contribution >= 4 is 36.5 Å². The summed E-state index contributed by atoms with van der Waals surface area (Å²) in [5.41, 5.74) is 3.00. The maximum atomic E-state index is 12.4. The van der Waals surface area contributed by atoms with Crippen molar-refractivity contribution in [2.75, 3.05) is 31.6 Å². The van der Waals surface area contributed by atoms with Gasteiger partial charge in [0.15, 0.2) is 0 Å². The van der Waals surface area contributed by atoms with Crippen LogP contribution in [-0.4, -0.2) is 54.4 Å². The number of aliphatic hydroxyl groups excluding tert-OH is 1. The maximum Gasteiger partial charge on any atom is 0.252 e. The molecule has 176 valence electrons. The maximum absolute atomic E-state index is 12.4. The third kappa shape index (κ3) is 7.05. The predicted octanol–water partition coefficient (Wildman–Crippen LogP) is 2.57. The highest BCUT2D eigenvalue weighted by Gasteiger charge is 2.24. The number of hydrogen-bond acceptors (Lipinski definition) is 6. The number of ether oxygens (including phenoxy) is 1. The number of anilines is 1. The molecule has 1 aromatic heterocycles. The lowest BCUT2D eigenvalue weighted by Crippen LogP contribution is -2.49. The van der Waals surface area contributed by atoms with E-state index in [2.05, 4.69) is 33.1 Å². The summed E-state index contributed by atoms with van der Waals surface area (Å²) in [4.78, 5) is 16.8. The minimum absolute atomic E-state index is 0. The van der Waals surface area contributed by atoms with Crippen LogP contribution in [-0.2, 0) is 17.7 Å². The number of amides is 1. The van der Waals surface area contributed by atoms with Gasteiger partial charge in [-0.1, -0.05) is 24.3 Å². The molecule has 3 heterocycles. The fraction of sp³-hybridized carbons (Fsp3) is 0.478. The van der Waals surface area contributed by atoms with Crippen LogP contribution in [0.25, 0.3) is 0 Å². The Kier molecular flexibility index (Phi) is 10.7. The number of carbonyl (C=O) groups excluding carboxylic acids is 1. The van der Waals surface area contributed by atoms with Crippen molar-refractivity contribution in [3.63, 3.8) is 0 Å². The van der Waals surface area contributed by atoms with E-state index in [1.807, 2.05) is 18.2 Å². The highest BCUT2D eigenvalue weighted by Crippen LogP contribution is 2.18. The highest BCUT2D eigenvalue weighted by molar-refractivity contribution is 5.94. The molecule has 0 unspecified atom stereocenters. The first-order valence-corrected chi connectivity index (χ1v) is 10.7. The predicted molar refractivity (Wildman–Crippen MR) is 130 cm³/mol. The van der Waals surface area contributed by atoms with Crippen molar-refractivity contribution in [2.45, 2.75) is 38.0 Å². The van der Waals surface area contributed by atoms with Crippen molar-refractivity contribution in [1.29, 1.82) is 0 Å². The van der Waals surface area contributed by atoms with Gasteiger partial charge in [0.05, 0.1) is 11.7 Å². The van der Waals surface area contributed by atoms with Crippen LogP contribution in [0.3, 0.4) is 0 Å². The average Bonchev–Trinajstić information content (AvgIpc) is 2.81. The normalized spacial score (nSPS) is 19.0. The van der Waals surface area contributed by atoms with E-state index < -0.39 is 6.10 Å². The minimum Gasteiger partial charge on any atom is -0.390 e. The molecule has 4 N–H and O–H groups in total. The molecule has 0 spiro atoms. The molecule has 0 saturated carbocycles. The van der Waals surface area contributed by atoms with Crippen LogP contribution in [0.1, 0.15) is 34.3 Å². The Morgan fingerprint density at radius 1 is 1.16 bits per heavy atom. The summed E-state index contributed by atoms with van der Waals surface area (Å²) in [6.45, 7) is 3.45. The van der Waals surface area contributed by atoms with Crippen LogP contribution < -0.4 is 16.0 Å². The van der Waals surface area contributed by atoms with E-state index in [-0.39, 0.29) is 43.3 Å². The van der Waals surface area contributed by atoms with E-state index >= 15 is 0 Å². The first-order valence-electron chi connectivity index (χ1n) is 10.7. The molecule has 0 bridgehead atoms. The van der Waals surface area contributed by atoms with Gasteiger partial charge in [0.1, 0.15) is 5.82 Å². The van der Waals surface area contributed by atoms with Crippen LogP contribution in [0, 0.1) is 5.92 Å². The molecule has 1 saturated heterocycles. The lowest BCUT2D eigenvalue weighted by atomic mass is 9.93. The van der Waals surface area contributed by atoms with Gasteiger partial charge in [0, 0.05) is 45.1 Å². The Morgan fingerprint density at radius 2 is 1.91 bits per heavy atom. The van der Waals surface area contributed by atoms with E-state index in [1.165, 1.54) is 11.1 Å². The molecule has 1 amide bonds. The second-order valence-corrected chi connectivity index (χ2v) is 8.11. The molecular weight excluding hydrogens is 451 g/mol. The monoisotopic (exact) mass is 482 g/mol. The summed E-state index contributed by atoms with van der Waals surface area (Å²) in [7, 11) is 0. The quantitative estimate of drug-likeness (QED) is 0.484. The van der Waals surface area contributed by atoms with E-state index in [0.29, 0.717) is 11.5 Å². The van der Waals surface area contributed by atoms with Crippen molar-refractivity contribution in [2.24, 2.45) is 5.92 Å². The number of nitrogens with one attached hydrogen (secondary N) is 3. The van der Waals surface area contributed by atoms with Gasteiger partial charge in [-0.2, -0.15) is 0 Å². The van der Waals surface area contributed by atoms with Gasteiger partial charge >= 0.3 is 0 Å². The van der Waals surface area contributed by atoms with Gasteiger partial charge in [-0.05, 0) is 48.4 Å². The molecular formula is C23H32Cl2N4O3. The van der Waals surface area contributed by atoms with Crippen molar-refractivity contribution < 1.29 is 14.6 Å². The Hall–Kier alpha value is -1.90. The summed E-state index contributed by atoms with van der Waals surface area (Å²) in [6.07, 6.45) is 3.80. The first-order chi connectivity index (χ1) is 14.7. The molecule has 7 nitrogen and oxygen atoms in total. The van der Waals surface area contributed by atoms with E-state index in [4.69, 9.17) is 4.74 Å². The number of carbonyl (C=O) groups is 1. The molecule has 32 heavy (non-hydrogen) atoms. The molecule has 0 radical (unpaired) electrons. The second kappa shape index (κ2) is 13.0. The number of hydrogen-bond donors (Lipinski definition) is 4. The summed E-state index contributed by atoms with van der Waals surface area (Å²) in [6, 6.07) is 11.7. The van der Waals surface area contributed by atoms with Crippen molar-refractivity contribution in [1.82, 2.24) is 15.6 Å². The number of aromatic nitrogens is 1. The average molecular weight is 483 g/mol. The van der Waals surface area contributed by atoms with Gasteiger partial charge in [0.2, 0.25) is 0 Å². The van der Waals surface area contributed by atoms with Crippen LogP contribution in [0.15, 0.2) is 42.6 Å². The van der Waals surface area contributed by atoms with Crippen LogP contribution in [0.5, 0.6) is 0 Å². The molecule has 1 fully saturated rings. The van der Waals surface area contributed by atoms with Crippen LogP contribution in [0.4, 0.5) is 5.82 Å². The van der Waals surface area contributed by atoms with E-state index in [9.17, 15) is 9.90 Å². The number of pyridine rings is 1. The molecule has 0 aliphatic carbocycles. The Bertz CT molecular complexity index is 847. The molecule has 1 aromatic carbocycles. The topological polar surface area (TPSA) is 95.5 Å². The van der Waals surface area contributed by atoms with E-state index in [0.717, 1.165) is 51.4 Å². The smallest absolute Gasteiger partial charge is 0.252 e. The molecule has 2 aliphatic rings. The fourth-order valence-electron chi connectivity index (χ4n) is 4.03. The summed E-state index contributed by atoms with van der Waals surface area (Å²) < 4.78 is 5.38. The van der Waals surface area contributed by atoms with Crippen LogP contribution >= 0.6 is 24.8 Å². The summed E-state index contributed by atoms with van der Waals surface area (Å²) in [5, 5.41) is 20.0. The Morgan fingerprint density at radius 3 is 2.62 bits per heavy atom. The lowest BCUT2D eigenvalue weighted by Gasteiger charge is -2.30. The standard InChI is InChI=1S/C23H30N4O3.2ClH/c28-21(20-11-17-3-1-2-4-18(17)13-24-20)15-27-23(29)19-5-6-22(26-14-19)25-12-16-7-9-30-10-8-16;;/h1-6,14,16,20-21,24,28H,7-13,15H2,(H,25,26)(H,27,29);2*1H/t20-,21+;;/m0../s1. The fourth-order valence-corrected chi connectivity index (χ4v) is 4.03. The first kappa shape index (κ1) is 26.4. The largest absolute Gasteiger partial charge is 0.390 e. The van der Waals surface area contributed by atoms with Crippen molar-refractivity contribution in [3.8, 4) is 0 Å². The van der Waals surface area contributed by atoms with E-state index in [1.54, 1.807) is 12.3 Å². The molecule has 2 aromatic rings. The van der Waals surface area contributed by atoms with Gasteiger partial charge in [-0.25, -0.2) is 4.98 Å². The van der Waals surface area contributed by atoms with Gasteiger partial charge in [-0.3, -0.25) is 4.79 Å². The zero-order valence-corrected chi connectivity index (χ0v) is 19.6. The van der Waals surface area contributed by atoms with Crippen LogP contribution in [0.2, 0.25) is 0 Å². The lowest BCUT2D eigenvalue weighted by molar-refractivity contribution is 0.0699. The van der Waals surface area contributed by atoms with Gasteiger partial charge in [-0.15, -0.1) is 24.8 Å². The summed E-state index contributed by atoms with van der Waals surface area (Å²) in [5.74, 6) is 1.14. The SMILES string of the molecule is Cl.Cl.O=C(NC[C@@H](O)[C@@H]1Cc2ccccc2CN1)c1ccc(NCC2CCOCC2)nc1. The number of halogens is 2. The third-order valence-corrected chi connectivity index (χ3v) is 5.99. The third-order valence-electron chi connectivity index (χ3n) is 5.99. The zero-order chi connectivity index (χ0) is 20.8. The number of aliphatic hydroxyl groups is 1. The summed E-state index contributed by atoms with van der Waals surface area (Å²) >= 11 is 0. The number of fused-ring (bicyclic) bond motifs is 1. The molecule has 9 heteroatoms. The van der Waals surface area contributed by atoms with Gasteiger partial charge < -0.3 is 25.8 Å². The zero-order valence-electron chi connectivity index (χ0n) is 18.0. The van der Waals surface area contributed by atoms with Gasteiger partial charge in [0.25, 0.3) is 5.91 Å². The van der Waals surface area contributed by atoms with Crippen molar-refractivity contribution in [3.05, 3.63) is 59.3 Å². The number of nitrogens with zero attached hydrogens (tertiary/aromatic N) is 1. The molecule has 2 aliphatic heterocycles.